The Morgan fingerprint density at radius 2 is 1.65 bits per heavy atom. The van der Waals surface area contributed by atoms with Crippen molar-refractivity contribution in [1.82, 2.24) is 0 Å². The topological polar surface area (TPSA) is 0 Å². The van der Waals surface area contributed by atoms with Crippen LogP contribution < -0.4 is 0 Å². The number of rotatable bonds is 9. The van der Waals surface area contributed by atoms with E-state index in [2.05, 4.69) is 13.5 Å². The molecule has 0 amide bonds. The molecule has 0 aromatic rings. The molecule has 0 radical (unpaired) electrons. The minimum Gasteiger partial charge on any atom is -0.160 e. The van der Waals surface area contributed by atoms with Gasteiger partial charge in [-0.1, -0.05) is 57.6 Å². The summed E-state index contributed by atoms with van der Waals surface area (Å²) in [7, 11) is 0. The van der Waals surface area contributed by atoms with Gasteiger partial charge in [-0.05, 0) is 25.1 Å². The predicted molar refractivity (Wildman–Crippen MR) is 70.2 cm³/mol. The van der Waals surface area contributed by atoms with Crippen LogP contribution in [0.25, 0.3) is 0 Å². The molecule has 0 aromatic heterocycles. The molecule has 0 aliphatic carbocycles. The second-order valence-corrected chi connectivity index (χ2v) is 5.72. The fourth-order valence-corrected chi connectivity index (χ4v) is 2.49. The average molecular weight is 268 g/mol. The minimum atomic E-state index is -4.15. The van der Waals surface area contributed by atoms with E-state index in [1.807, 2.05) is 0 Å². The Balaban J connectivity index is 3.75. The molecule has 0 heterocycles. The van der Waals surface area contributed by atoms with Gasteiger partial charge in [-0.15, -0.1) is 0 Å². The van der Waals surface area contributed by atoms with E-state index in [1.54, 1.807) is 6.92 Å². The molecular weight excluding hydrogens is 245 g/mol. The lowest BCUT2D eigenvalue weighted by atomic mass is 10.1. The molecule has 1 unspecified atom stereocenters. The predicted octanol–water partition coefficient (Wildman–Crippen LogP) is 5.93. The molecule has 0 N–H and O–H groups in total. The fraction of sp³-hybridized carbons (Fsp3) is 0.846. The van der Waals surface area contributed by atoms with Gasteiger partial charge in [0, 0.05) is 5.25 Å². The number of alkyl halides is 3. The van der Waals surface area contributed by atoms with Gasteiger partial charge in [0.15, 0.2) is 0 Å². The van der Waals surface area contributed by atoms with Crippen molar-refractivity contribution < 1.29 is 13.2 Å². The average Bonchev–Trinajstić information content (AvgIpc) is 2.19. The molecular formula is C13H23F3S. The molecule has 0 saturated heterocycles. The van der Waals surface area contributed by atoms with Gasteiger partial charge in [0.1, 0.15) is 0 Å². The summed E-state index contributed by atoms with van der Waals surface area (Å²) in [6.07, 6.45) is 7.23. The van der Waals surface area contributed by atoms with Crippen LogP contribution >= 0.6 is 11.8 Å². The fourth-order valence-electron chi connectivity index (χ4n) is 1.68. The molecule has 4 heteroatoms. The zero-order valence-electron chi connectivity index (χ0n) is 10.8. The van der Waals surface area contributed by atoms with Crippen LogP contribution in [-0.4, -0.2) is 10.8 Å². The monoisotopic (exact) mass is 268 g/mol. The Morgan fingerprint density at radius 3 is 2.12 bits per heavy atom. The van der Waals surface area contributed by atoms with Crippen molar-refractivity contribution >= 4 is 11.8 Å². The summed E-state index contributed by atoms with van der Waals surface area (Å²) in [5.41, 5.74) is -3.52. The minimum absolute atomic E-state index is 0.0787. The molecule has 17 heavy (non-hydrogen) atoms. The molecule has 0 fully saturated rings. The first-order chi connectivity index (χ1) is 7.87. The summed E-state index contributed by atoms with van der Waals surface area (Å²) in [6.45, 7) is 7.48. The lowest BCUT2D eigenvalue weighted by molar-refractivity contribution is -0.0332. The van der Waals surface area contributed by atoms with Crippen molar-refractivity contribution in [3.63, 3.8) is 0 Å². The third-order valence-corrected chi connectivity index (χ3v) is 3.84. The second-order valence-electron chi connectivity index (χ2n) is 4.46. The molecule has 102 valence electrons. The van der Waals surface area contributed by atoms with Crippen LogP contribution in [0.4, 0.5) is 13.2 Å². The Kier molecular flexibility index (Phi) is 8.83. The first-order valence-electron chi connectivity index (χ1n) is 6.26. The molecule has 0 saturated carbocycles. The molecule has 0 rings (SSSR count). The first-order valence-corrected chi connectivity index (χ1v) is 7.14. The van der Waals surface area contributed by atoms with Gasteiger partial charge in [0.25, 0.3) is 0 Å². The molecule has 0 nitrogen and oxygen atoms in total. The largest absolute Gasteiger partial charge is 0.442 e. The summed E-state index contributed by atoms with van der Waals surface area (Å²) in [4.78, 5) is 0. The van der Waals surface area contributed by atoms with Crippen LogP contribution in [0.2, 0.25) is 0 Å². The van der Waals surface area contributed by atoms with Crippen molar-refractivity contribution in [3.8, 4) is 0 Å². The number of unbranched alkanes of at least 4 members (excludes halogenated alkanes) is 5. The summed E-state index contributed by atoms with van der Waals surface area (Å²) in [5, 5.41) is -0.471. The van der Waals surface area contributed by atoms with E-state index in [9.17, 15) is 13.2 Å². The summed E-state index contributed by atoms with van der Waals surface area (Å²) < 4.78 is 36.8. The molecule has 0 aromatic carbocycles. The Morgan fingerprint density at radius 1 is 1.12 bits per heavy atom. The van der Waals surface area contributed by atoms with Crippen molar-refractivity contribution in [2.75, 3.05) is 0 Å². The number of hydrogen-bond donors (Lipinski definition) is 0. The van der Waals surface area contributed by atoms with Crippen LogP contribution in [-0.2, 0) is 0 Å². The quantitative estimate of drug-likeness (QED) is 0.368. The van der Waals surface area contributed by atoms with Gasteiger partial charge in [-0.25, -0.2) is 0 Å². The Bertz CT molecular complexity index is 211. The number of hydrogen-bond acceptors (Lipinski definition) is 1. The third-order valence-electron chi connectivity index (χ3n) is 2.65. The van der Waals surface area contributed by atoms with E-state index in [0.29, 0.717) is 12.0 Å². The van der Waals surface area contributed by atoms with Crippen LogP contribution in [0.15, 0.2) is 12.2 Å². The SMILES string of the molecule is C=C(C)C(CCCCCCCC)SC(F)(F)F. The van der Waals surface area contributed by atoms with Crippen molar-refractivity contribution in [1.29, 1.82) is 0 Å². The van der Waals surface area contributed by atoms with Crippen LogP contribution in [0, 0.1) is 0 Å². The summed E-state index contributed by atoms with van der Waals surface area (Å²) >= 11 is 0.0787. The number of halogens is 3. The van der Waals surface area contributed by atoms with Crippen LogP contribution in [0.3, 0.4) is 0 Å². The van der Waals surface area contributed by atoms with Gasteiger partial charge in [-0.2, -0.15) is 13.2 Å². The number of thioether (sulfide) groups is 1. The molecule has 0 spiro atoms. The van der Waals surface area contributed by atoms with Crippen molar-refractivity contribution in [3.05, 3.63) is 12.2 Å². The Labute approximate surface area is 107 Å². The molecule has 0 aliphatic heterocycles. The zero-order chi connectivity index (χ0) is 13.3. The van der Waals surface area contributed by atoms with Gasteiger partial charge in [0.2, 0.25) is 0 Å². The molecule has 0 aliphatic rings. The van der Waals surface area contributed by atoms with E-state index in [0.717, 1.165) is 19.3 Å². The van der Waals surface area contributed by atoms with E-state index < -0.39 is 10.8 Å². The van der Waals surface area contributed by atoms with E-state index in [4.69, 9.17) is 0 Å². The maximum absolute atomic E-state index is 12.3. The summed E-state index contributed by atoms with van der Waals surface area (Å²) in [5.74, 6) is 0. The van der Waals surface area contributed by atoms with Crippen LogP contribution in [0.5, 0.6) is 0 Å². The highest BCUT2D eigenvalue weighted by Crippen LogP contribution is 2.38. The lowest BCUT2D eigenvalue weighted by Crippen LogP contribution is -2.12. The van der Waals surface area contributed by atoms with E-state index >= 15 is 0 Å². The molecule has 1 atom stereocenters. The highest BCUT2D eigenvalue weighted by molar-refractivity contribution is 8.00. The maximum atomic E-state index is 12.3. The highest BCUT2D eigenvalue weighted by atomic mass is 32.2. The standard InChI is InChI=1S/C13H23F3S/c1-4-5-6-7-8-9-10-12(11(2)3)17-13(14,15)16/h12H,2,4-10H2,1,3H3. The maximum Gasteiger partial charge on any atom is 0.442 e. The second kappa shape index (κ2) is 8.90. The van der Waals surface area contributed by atoms with Crippen molar-refractivity contribution in [2.45, 2.75) is 69.6 Å². The Hall–Kier alpha value is -0.120. The first kappa shape index (κ1) is 16.9. The highest BCUT2D eigenvalue weighted by Gasteiger charge is 2.32. The van der Waals surface area contributed by atoms with E-state index in [1.165, 1.54) is 19.3 Å². The summed E-state index contributed by atoms with van der Waals surface area (Å²) in [6, 6.07) is 0. The molecule has 0 bridgehead atoms. The normalized spacial score (nSPS) is 13.7. The smallest absolute Gasteiger partial charge is 0.160 e. The van der Waals surface area contributed by atoms with Gasteiger partial charge >= 0.3 is 5.51 Å². The lowest BCUT2D eigenvalue weighted by Gasteiger charge is -2.18. The third kappa shape index (κ3) is 10.7. The van der Waals surface area contributed by atoms with Gasteiger partial charge < -0.3 is 0 Å². The zero-order valence-corrected chi connectivity index (χ0v) is 11.6. The van der Waals surface area contributed by atoms with Crippen molar-refractivity contribution in [2.24, 2.45) is 0 Å². The van der Waals surface area contributed by atoms with Gasteiger partial charge in [-0.3, -0.25) is 0 Å². The van der Waals surface area contributed by atoms with Gasteiger partial charge in [0.05, 0.1) is 0 Å². The van der Waals surface area contributed by atoms with E-state index in [-0.39, 0.29) is 11.8 Å². The van der Waals surface area contributed by atoms with Crippen LogP contribution in [0.1, 0.15) is 58.8 Å².